The lowest BCUT2D eigenvalue weighted by Crippen LogP contribution is -2.49. The molecule has 2 amide bonds. The van der Waals surface area contributed by atoms with Gasteiger partial charge in [-0.2, -0.15) is 0 Å². The number of amides is 2. The zero-order valence-electron chi connectivity index (χ0n) is 19.4. The smallest absolute Gasteiger partial charge is 0.354 e. The second-order valence-corrected chi connectivity index (χ2v) is 8.49. The van der Waals surface area contributed by atoms with Gasteiger partial charge in [0.1, 0.15) is 5.69 Å². The molecular weight excluding hydrogens is 396 g/mol. The van der Waals surface area contributed by atoms with Crippen LogP contribution in [0.4, 0.5) is 4.79 Å². The fraction of sp³-hybridized carbons (Fsp3) is 0.478. The number of aromatic nitrogens is 2. The molecule has 31 heavy (non-hydrogen) atoms. The largest absolute Gasteiger partial charge is 0.464 e. The number of Topliss-reactive ketones (excluding diaryl/α,β-unsaturated/α-hetero) is 1. The minimum absolute atomic E-state index is 0.132. The van der Waals surface area contributed by atoms with Gasteiger partial charge in [-0.3, -0.25) is 9.78 Å². The number of carbonyl (C=O) groups is 3. The first kappa shape index (κ1) is 24.1. The Morgan fingerprint density at radius 1 is 1.23 bits per heavy atom. The van der Waals surface area contributed by atoms with Crippen molar-refractivity contribution in [1.29, 1.82) is 0 Å². The zero-order valence-corrected chi connectivity index (χ0v) is 19.4. The van der Waals surface area contributed by atoms with Crippen LogP contribution in [0.1, 0.15) is 65.4 Å². The maximum absolute atomic E-state index is 13.3. The average molecular weight is 429 g/mol. The predicted molar refractivity (Wildman–Crippen MR) is 118 cm³/mol. The third-order valence-corrected chi connectivity index (χ3v) is 4.94. The molecular formula is C23H32N4O4. The van der Waals surface area contributed by atoms with E-state index < -0.39 is 11.5 Å². The first-order valence-corrected chi connectivity index (χ1v) is 10.3. The molecule has 2 aromatic heterocycles. The molecule has 8 heteroatoms. The molecule has 2 rings (SSSR count). The molecule has 0 unspecified atom stereocenters. The highest BCUT2D eigenvalue weighted by Gasteiger charge is 2.29. The fourth-order valence-electron chi connectivity index (χ4n) is 3.62. The molecule has 8 nitrogen and oxygen atoms in total. The number of hydrogen-bond donors (Lipinski definition) is 1. The highest BCUT2D eigenvalue weighted by atomic mass is 16.5. The number of pyridine rings is 1. The topological polar surface area (TPSA) is 93.5 Å². The lowest BCUT2D eigenvalue weighted by Gasteiger charge is -2.28. The van der Waals surface area contributed by atoms with Crippen LogP contribution in [0.3, 0.4) is 0 Å². The summed E-state index contributed by atoms with van der Waals surface area (Å²) in [6.07, 6.45) is 3.32. The minimum atomic E-state index is -0.487. The number of nitrogens with zero attached hydrogens (tertiary/aromatic N) is 3. The van der Waals surface area contributed by atoms with Crippen molar-refractivity contribution in [3.8, 4) is 0 Å². The van der Waals surface area contributed by atoms with Crippen LogP contribution in [0.25, 0.3) is 0 Å². The Kier molecular flexibility index (Phi) is 7.60. The molecule has 2 heterocycles. The van der Waals surface area contributed by atoms with Gasteiger partial charge in [0.25, 0.3) is 0 Å². The third kappa shape index (κ3) is 5.71. The number of methoxy groups -OCH3 is 1. The Labute approximate surface area is 183 Å². The number of ketones is 1. The fourth-order valence-corrected chi connectivity index (χ4v) is 3.62. The van der Waals surface area contributed by atoms with E-state index >= 15 is 0 Å². The SMILES string of the molecule is CCn1c(C)c(C(=O)CN(Cc2cccnc2)C(=O)NC(C)(C)C)c(C)c1C(=O)OC. The molecule has 168 valence electrons. The predicted octanol–water partition coefficient (Wildman–Crippen LogP) is 3.50. The van der Waals surface area contributed by atoms with E-state index in [1.54, 1.807) is 36.9 Å². The Hall–Kier alpha value is -3.16. The van der Waals surface area contributed by atoms with Gasteiger partial charge in [0.05, 0.1) is 13.7 Å². The third-order valence-electron chi connectivity index (χ3n) is 4.94. The van der Waals surface area contributed by atoms with Crippen LogP contribution < -0.4 is 5.32 Å². The van der Waals surface area contributed by atoms with Crippen LogP contribution >= 0.6 is 0 Å². The molecule has 1 N–H and O–H groups in total. The van der Waals surface area contributed by atoms with E-state index in [9.17, 15) is 14.4 Å². The molecule has 0 radical (unpaired) electrons. The zero-order chi connectivity index (χ0) is 23.3. The summed E-state index contributed by atoms with van der Waals surface area (Å²) in [6.45, 7) is 11.7. The summed E-state index contributed by atoms with van der Waals surface area (Å²) in [5.41, 5.74) is 2.42. The van der Waals surface area contributed by atoms with Gasteiger partial charge < -0.3 is 19.5 Å². The van der Waals surface area contributed by atoms with E-state index in [0.717, 1.165) is 5.56 Å². The van der Waals surface area contributed by atoms with Crippen molar-refractivity contribution in [2.75, 3.05) is 13.7 Å². The van der Waals surface area contributed by atoms with Crippen LogP contribution in [-0.2, 0) is 17.8 Å². The van der Waals surface area contributed by atoms with Gasteiger partial charge in [0, 0.05) is 42.3 Å². The first-order valence-electron chi connectivity index (χ1n) is 10.3. The van der Waals surface area contributed by atoms with Crippen molar-refractivity contribution in [3.63, 3.8) is 0 Å². The summed E-state index contributed by atoms with van der Waals surface area (Å²) in [4.78, 5) is 44.1. The van der Waals surface area contributed by atoms with Gasteiger partial charge in [-0.25, -0.2) is 9.59 Å². The van der Waals surface area contributed by atoms with Crippen molar-refractivity contribution in [2.45, 2.75) is 60.2 Å². The quantitative estimate of drug-likeness (QED) is 0.538. The first-order chi connectivity index (χ1) is 14.5. The minimum Gasteiger partial charge on any atom is -0.464 e. The number of carbonyl (C=O) groups excluding carboxylic acids is 3. The number of rotatable bonds is 7. The Balaban J connectivity index is 2.40. The van der Waals surface area contributed by atoms with E-state index in [1.807, 2.05) is 33.8 Å². The molecule has 0 spiro atoms. The van der Waals surface area contributed by atoms with Crippen LogP contribution in [0, 0.1) is 13.8 Å². The molecule has 0 fully saturated rings. The molecule has 0 atom stereocenters. The monoisotopic (exact) mass is 428 g/mol. The number of nitrogens with one attached hydrogen (secondary N) is 1. The highest BCUT2D eigenvalue weighted by molar-refractivity contribution is 6.04. The van der Waals surface area contributed by atoms with Crippen LogP contribution in [-0.4, -0.2) is 51.4 Å². The molecule has 0 aliphatic heterocycles. The summed E-state index contributed by atoms with van der Waals surface area (Å²) in [7, 11) is 1.32. The van der Waals surface area contributed by atoms with E-state index in [1.165, 1.54) is 12.0 Å². The average Bonchev–Trinajstić information content (AvgIpc) is 2.95. The Morgan fingerprint density at radius 3 is 2.42 bits per heavy atom. The highest BCUT2D eigenvalue weighted by Crippen LogP contribution is 2.24. The number of esters is 1. The van der Waals surface area contributed by atoms with Crippen molar-refractivity contribution >= 4 is 17.8 Å². The van der Waals surface area contributed by atoms with Gasteiger partial charge in [0.15, 0.2) is 5.78 Å². The van der Waals surface area contributed by atoms with Crippen molar-refractivity contribution in [2.24, 2.45) is 0 Å². The van der Waals surface area contributed by atoms with Gasteiger partial charge >= 0.3 is 12.0 Å². The van der Waals surface area contributed by atoms with Crippen LogP contribution in [0.15, 0.2) is 24.5 Å². The van der Waals surface area contributed by atoms with Gasteiger partial charge in [-0.05, 0) is 58.7 Å². The molecule has 2 aromatic rings. The number of urea groups is 1. The van der Waals surface area contributed by atoms with E-state index in [0.29, 0.717) is 29.1 Å². The van der Waals surface area contributed by atoms with E-state index in [2.05, 4.69) is 10.3 Å². The molecule has 0 saturated heterocycles. The molecule has 0 aliphatic carbocycles. The van der Waals surface area contributed by atoms with Gasteiger partial charge in [0.2, 0.25) is 0 Å². The molecule has 0 aromatic carbocycles. The van der Waals surface area contributed by atoms with Crippen LogP contribution in [0.5, 0.6) is 0 Å². The van der Waals surface area contributed by atoms with Crippen molar-refractivity contribution in [1.82, 2.24) is 19.8 Å². The second kappa shape index (κ2) is 9.76. The summed E-state index contributed by atoms with van der Waals surface area (Å²) in [6, 6.07) is 3.30. The maximum Gasteiger partial charge on any atom is 0.354 e. The summed E-state index contributed by atoms with van der Waals surface area (Å²) >= 11 is 0. The summed E-state index contributed by atoms with van der Waals surface area (Å²) in [5.74, 6) is -0.723. The van der Waals surface area contributed by atoms with Crippen LogP contribution in [0.2, 0.25) is 0 Å². The van der Waals surface area contributed by atoms with Gasteiger partial charge in [-0.15, -0.1) is 0 Å². The van der Waals surface area contributed by atoms with Gasteiger partial charge in [-0.1, -0.05) is 6.07 Å². The molecule has 0 saturated carbocycles. The molecule has 0 bridgehead atoms. The number of hydrogen-bond acceptors (Lipinski definition) is 5. The normalized spacial score (nSPS) is 11.2. The summed E-state index contributed by atoms with van der Waals surface area (Å²) < 4.78 is 6.68. The van der Waals surface area contributed by atoms with E-state index in [-0.39, 0.29) is 24.9 Å². The lowest BCUT2D eigenvalue weighted by atomic mass is 10.0. The Morgan fingerprint density at radius 2 is 1.90 bits per heavy atom. The Bertz CT molecular complexity index is 958. The number of ether oxygens (including phenoxy) is 1. The maximum atomic E-state index is 13.3. The van der Waals surface area contributed by atoms with Crippen molar-refractivity contribution < 1.29 is 19.1 Å². The summed E-state index contributed by atoms with van der Waals surface area (Å²) in [5, 5.41) is 2.92. The lowest BCUT2D eigenvalue weighted by molar-refractivity contribution is 0.0587. The van der Waals surface area contributed by atoms with E-state index in [4.69, 9.17) is 4.74 Å². The standard InChI is InChI=1S/C23H32N4O4/c1-8-27-16(3)19(15(2)20(27)21(29)31-7)18(28)14-26(22(30)25-23(4,5)6)13-17-10-9-11-24-12-17/h9-12H,8,13-14H2,1-7H3,(H,25,30). The second-order valence-electron chi connectivity index (χ2n) is 8.49. The molecule has 0 aliphatic rings. The van der Waals surface area contributed by atoms with Crippen molar-refractivity contribution in [3.05, 3.63) is 52.6 Å².